The van der Waals surface area contributed by atoms with Crippen molar-refractivity contribution in [3.05, 3.63) is 38.0 Å². The second-order valence-electron chi connectivity index (χ2n) is 6.70. The van der Waals surface area contributed by atoms with Crippen LogP contribution in [0.1, 0.15) is 84.0 Å². The number of allylic oxidation sites excluding steroid dienone is 1. The van der Waals surface area contributed by atoms with Gasteiger partial charge in [-0.1, -0.05) is 76.5 Å². The van der Waals surface area contributed by atoms with Gasteiger partial charge in [-0.25, -0.2) is 0 Å². The fourth-order valence-corrected chi connectivity index (χ4v) is 3.32. The summed E-state index contributed by atoms with van der Waals surface area (Å²) in [6, 6.07) is 0. The Bertz CT molecular complexity index is 282. The van der Waals surface area contributed by atoms with Crippen molar-refractivity contribution in [1.82, 2.24) is 0 Å². The van der Waals surface area contributed by atoms with Crippen molar-refractivity contribution >= 4 is 0 Å². The summed E-state index contributed by atoms with van der Waals surface area (Å²) < 4.78 is 0. The summed E-state index contributed by atoms with van der Waals surface area (Å²) in [7, 11) is 0. The summed E-state index contributed by atoms with van der Waals surface area (Å²) in [5.41, 5.74) is 6.46. The van der Waals surface area contributed by atoms with Crippen molar-refractivity contribution in [2.24, 2.45) is 11.7 Å². The number of unbranched alkanes of at least 4 members (excludes halogenated alkanes) is 7. The van der Waals surface area contributed by atoms with Crippen LogP contribution in [0.15, 0.2) is 38.0 Å². The minimum Gasteiger partial charge on any atom is -0.324 e. The summed E-state index contributed by atoms with van der Waals surface area (Å²) in [5.74, 6) is 0.487. The molecule has 0 saturated carbocycles. The van der Waals surface area contributed by atoms with Crippen LogP contribution in [0.4, 0.5) is 0 Å². The molecule has 0 aliphatic carbocycles. The van der Waals surface area contributed by atoms with Gasteiger partial charge in [0.15, 0.2) is 0 Å². The second kappa shape index (κ2) is 13.8. The first-order chi connectivity index (χ1) is 10.6. The zero-order valence-electron chi connectivity index (χ0n) is 15.0. The van der Waals surface area contributed by atoms with E-state index >= 15 is 0 Å². The molecule has 0 aliphatic rings. The molecule has 0 fully saturated rings. The molecule has 0 aromatic rings. The molecule has 0 radical (unpaired) electrons. The molecule has 0 spiro atoms. The van der Waals surface area contributed by atoms with E-state index in [2.05, 4.69) is 26.7 Å². The van der Waals surface area contributed by atoms with Gasteiger partial charge < -0.3 is 5.73 Å². The number of rotatable bonds is 16. The van der Waals surface area contributed by atoms with E-state index in [1.807, 2.05) is 18.2 Å². The molecular weight excluding hydrogens is 266 g/mol. The standard InChI is InChI=1S/C21H39N/c1-5-9-10-11-12-13-14-15-17-20(16-6-2)21(22,18-7-3)19-8-4/h6-8,20H,2-5,9-19,22H2,1H3. The van der Waals surface area contributed by atoms with Crippen LogP contribution in [0.25, 0.3) is 0 Å². The molecule has 0 amide bonds. The zero-order valence-corrected chi connectivity index (χ0v) is 15.0. The molecule has 0 rings (SSSR count). The molecule has 0 aromatic heterocycles. The molecule has 0 aliphatic heterocycles. The van der Waals surface area contributed by atoms with E-state index < -0.39 is 0 Å². The Kier molecular flexibility index (Phi) is 13.3. The van der Waals surface area contributed by atoms with Crippen LogP contribution >= 0.6 is 0 Å². The van der Waals surface area contributed by atoms with Gasteiger partial charge in [-0.3, -0.25) is 0 Å². The van der Waals surface area contributed by atoms with Crippen LogP contribution in [0, 0.1) is 5.92 Å². The molecule has 1 heteroatoms. The second-order valence-corrected chi connectivity index (χ2v) is 6.70. The molecule has 0 aromatic carbocycles. The van der Waals surface area contributed by atoms with E-state index in [1.165, 1.54) is 57.8 Å². The maximum Gasteiger partial charge on any atom is 0.0255 e. The highest BCUT2D eigenvalue weighted by Gasteiger charge is 2.31. The highest BCUT2D eigenvalue weighted by molar-refractivity contribution is 5.01. The molecule has 0 bridgehead atoms. The quantitative estimate of drug-likeness (QED) is 0.253. The predicted octanol–water partition coefficient (Wildman–Crippen LogP) is 6.56. The molecule has 22 heavy (non-hydrogen) atoms. The van der Waals surface area contributed by atoms with E-state index in [4.69, 9.17) is 5.73 Å². The van der Waals surface area contributed by atoms with E-state index in [0.717, 1.165) is 19.3 Å². The van der Waals surface area contributed by atoms with Crippen LogP contribution in [-0.4, -0.2) is 5.54 Å². The van der Waals surface area contributed by atoms with Crippen molar-refractivity contribution in [3.8, 4) is 0 Å². The van der Waals surface area contributed by atoms with Crippen molar-refractivity contribution < 1.29 is 0 Å². The van der Waals surface area contributed by atoms with Gasteiger partial charge >= 0.3 is 0 Å². The average molecular weight is 306 g/mol. The lowest BCUT2D eigenvalue weighted by Crippen LogP contribution is -2.46. The number of hydrogen-bond donors (Lipinski definition) is 1. The Morgan fingerprint density at radius 3 is 1.77 bits per heavy atom. The average Bonchev–Trinajstić information content (AvgIpc) is 2.49. The lowest BCUT2D eigenvalue weighted by Gasteiger charge is -2.36. The Balaban J connectivity index is 4.14. The van der Waals surface area contributed by atoms with Crippen molar-refractivity contribution in [1.29, 1.82) is 0 Å². The van der Waals surface area contributed by atoms with Gasteiger partial charge in [0.25, 0.3) is 0 Å². The van der Waals surface area contributed by atoms with Crippen LogP contribution < -0.4 is 5.73 Å². The first-order valence-electron chi connectivity index (χ1n) is 9.26. The minimum absolute atomic E-state index is 0.196. The lowest BCUT2D eigenvalue weighted by molar-refractivity contribution is 0.252. The first kappa shape index (κ1) is 21.2. The summed E-state index contributed by atoms with van der Waals surface area (Å²) in [4.78, 5) is 0. The Hall–Kier alpha value is -0.820. The molecular formula is C21H39N. The van der Waals surface area contributed by atoms with Crippen molar-refractivity contribution in [3.63, 3.8) is 0 Å². The third-order valence-corrected chi connectivity index (χ3v) is 4.72. The van der Waals surface area contributed by atoms with Gasteiger partial charge in [-0.2, -0.15) is 0 Å². The molecule has 128 valence electrons. The molecule has 0 heterocycles. The minimum atomic E-state index is -0.196. The van der Waals surface area contributed by atoms with Crippen LogP contribution in [-0.2, 0) is 0 Å². The number of hydrogen-bond acceptors (Lipinski definition) is 1. The Morgan fingerprint density at radius 1 is 0.818 bits per heavy atom. The van der Waals surface area contributed by atoms with Crippen LogP contribution in [0.5, 0.6) is 0 Å². The normalized spacial score (nSPS) is 12.8. The van der Waals surface area contributed by atoms with Crippen molar-refractivity contribution in [2.45, 2.75) is 89.5 Å². The van der Waals surface area contributed by atoms with Gasteiger partial charge in [0.05, 0.1) is 0 Å². The Morgan fingerprint density at radius 2 is 1.32 bits per heavy atom. The van der Waals surface area contributed by atoms with Crippen molar-refractivity contribution in [2.75, 3.05) is 0 Å². The van der Waals surface area contributed by atoms with E-state index in [1.54, 1.807) is 0 Å². The highest BCUT2D eigenvalue weighted by atomic mass is 14.8. The van der Waals surface area contributed by atoms with Gasteiger partial charge in [0.1, 0.15) is 0 Å². The largest absolute Gasteiger partial charge is 0.324 e. The van der Waals surface area contributed by atoms with Crippen LogP contribution in [0.2, 0.25) is 0 Å². The van der Waals surface area contributed by atoms with Gasteiger partial charge in [-0.05, 0) is 31.6 Å². The topological polar surface area (TPSA) is 26.0 Å². The molecule has 0 saturated heterocycles. The van der Waals surface area contributed by atoms with E-state index in [-0.39, 0.29) is 5.54 Å². The Labute approximate surface area is 139 Å². The summed E-state index contributed by atoms with van der Waals surface area (Å²) in [6.45, 7) is 13.9. The first-order valence-corrected chi connectivity index (χ1v) is 9.26. The van der Waals surface area contributed by atoms with Gasteiger partial charge in [0.2, 0.25) is 0 Å². The SMILES string of the molecule is C=CCC(CCCCCCCCCC)C(N)(CC=C)CC=C. The molecule has 2 N–H and O–H groups in total. The smallest absolute Gasteiger partial charge is 0.0255 e. The molecule has 1 unspecified atom stereocenters. The number of nitrogens with two attached hydrogens (primary N) is 1. The van der Waals surface area contributed by atoms with E-state index in [0.29, 0.717) is 5.92 Å². The predicted molar refractivity (Wildman–Crippen MR) is 102 cm³/mol. The zero-order chi connectivity index (χ0) is 16.7. The fourth-order valence-electron chi connectivity index (χ4n) is 3.32. The monoisotopic (exact) mass is 305 g/mol. The summed E-state index contributed by atoms with van der Waals surface area (Å²) in [5, 5.41) is 0. The van der Waals surface area contributed by atoms with Gasteiger partial charge in [-0.15, -0.1) is 19.7 Å². The third kappa shape index (κ3) is 9.25. The molecule has 1 nitrogen and oxygen atoms in total. The summed E-state index contributed by atoms with van der Waals surface area (Å²) in [6.07, 6.45) is 20.7. The fraction of sp³-hybridized carbons (Fsp3) is 0.714. The van der Waals surface area contributed by atoms with E-state index in [9.17, 15) is 0 Å². The lowest BCUT2D eigenvalue weighted by atomic mass is 9.75. The maximum absolute atomic E-state index is 6.65. The highest BCUT2D eigenvalue weighted by Crippen LogP contribution is 2.31. The molecule has 1 atom stereocenters. The van der Waals surface area contributed by atoms with Gasteiger partial charge in [0, 0.05) is 5.54 Å². The maximum atomic E-state index is 6.65. The van der Waals surface area contributed by atoms with Crippen LogP contribution in [0.3, 0.4) is 0 Å². The summed E-state index contributed by atoms with van der Waals surface area (Å²) >= 11 is 0. The third-order valence-electron chi connectivity index (χ3n) is 4.72.